The van der Waals surface area contributed by atoms with Crippen LogP contribution in [-0.4, -0.2) is 56.0 Å². The van der Waals surface area contributed by atoms with Gasteiger partial charge in [0.1, 0.15) is 6.67 Å². The molecule has 1 saturated carbocycles. The Morgan fingerprint density at radius 3 is 2.51 bits per heavy atom. The van der Waals surface area contributed by atoms with Crippen LogP contribution in [0.4, 0.5) is 23.7 Å². The predicted molar refractivity (Wildman–Crippen MR) is 124 cm³/mol. The minimum atomic E-state index is -4.52. The van der Waals surface area contributed by atoms with E-state index in [4.69, 9.17) is 9.47 Å². The van der Waals surface area contributed by atoms with Gasteiger partial charge in [-0.05, 0) is 61.8 Å². The summed E-state index contributed by atoms with van der Waals surface area (Å²) >= 11 is 0. The molecule has 2 heterocycles. The Hall–Kier alpha value is -2.33. The van der Waals surface area contributed by atoms with Crippen LogP contribution in [0, 0.1) is 11.3 Å². The topological polar surface area (TPSA) is 71.1 Å². The molecule has 194 valence electrons. The third kappa shape index (κ3) is 5.14. The molecule has 0 spiro atoms. The molecule has 1 aromatic rings. The number of nitrogens with zero attached hydrogens (tertiary/aromatic N) is 2. The SMILES string of the molecule is COC(=O)N1CN(C(=O)[C@]2(C(C)C)CC[C@H](NC3CCOCC3)C2)Cc2cc(C(F)(F)F)ccc21. The molecule has 4 rings (SSSR count). The molecule has 3 aliphatic rings. The van der Waals surface area contributed by atoms with Crippen molar-refractivity contribution >= 4 is 17.7 Å². The zero-order chi connectivity index (χ0) is 25.4. The molecule has 2 atom stereocenters. The second kappa shape index (κ2) is 9.97. The first-order chi connectivity index (χ1) is 16.5. The number of hydrogen-bond donors (Lipinski definition) is 1. The van der Waals surface area contributed by atoms with Gasteiger partial charge in [-0.3, -0.25) is 9.69 Å². The fourth-order valence-electron chi connectivity index (χ4n) is 5.75. The van der Waals surface area contributed by atoms with Crippen LogP contribution in [-0.2, 0) is 27.0 Å². The van der Waals surface area contributed by atoms with Crippen LogP contribution in [0.1, 0.15) is 57.1 Å². The molecule has 0 radical (unpaired) electrons. The Balaban J connectivity index is 1.59. The van der Waals surface area contributed by atoms with Crippen molar-refractivity contribution in [1.82, 2.24) is 10.2 Å². The van der Waals surface area contributed by atoms with Crippen LogP contribution in [0.3, 0.4) is 0 Å². The van der Waals surface area contributed by atoms with E-state index in [0.29, 0.717) is 24.6 Å². The van der Waals surface area contributed by atoms with Crippen molar-refractivity contribution in [2.75, 3.05) is 31.9 Å². The highest BCUT2D eigenvalue weighted by atomic mass is 19.4. The predicted octanol–water partition coefficient (Wildman–Crippen LogP) is 4.54. The number of rotatable bonds is 4. The standard InChI is InChI=1S/C25H34F3N3O4/c1-16(2)24(9-6-20(13-24)29-19-7-10-35-11-8-19)22(32)30-14-17-12-18(25(26,27)28)4-5-21(17)31(15-30)23(33)34-3/h4-5,12,16,19-20,29H,6-11,13-15H2,1-3H3/t20-,24+/m0/s1. The van der Waals surface area contributed by atoms with Gasteiger partial charge in [0.15, 0.2) is 0 Å². The van der Waals surface area contributed by atoms with Gasteiger partial charge in [-0.1, -0.05) is 13.8 Å². The Labute approximate surface area is 203 Å². The van der Waals surface area contributed by atoms with Gasteiger partial charge in [0.25, 0.3) is 0 Å². The zero-order valence-corrected chi connectivity index (χ0v) is 20.5. The largest absolute Gasteiger partial charge is 0.452 e. The lowest BCUT2D eigenvalue weighted by Crippen LogP contribution is -2.53. The Morgan fingerprint density at radius 2 is 1.89 bits per heavy atom. The number of carbonyl (C=O) groups is 2. The second-order valence-electron chi connectivity index (χ2n) is 10.2. The highest BCUT2D eigenvalue weighted by Crippen LogP contribution is 2.47. The molecular formula is C25H34F3N3O4. The first-order valence-corrected chi connectivity index (χ1v) is 12.2. The van der Waals surface area contributed by atoms with Crippen molar-refractivity contribution in [3.8, 4) is 0 Å². The second-order valence-corrected chi connectivity index (χ2v) is 10.2. The maximum Gasteiger partial charge on any atom is 0.416 e. The fourth-order valence-corrected chi connectivity index (χ4v) is 5.75. The van der Waals surface area contributed by atoms with Crippen molar-refractivity contribution in [2.24, 2.45) is 11.3 Å². The molecule has 2 amide bonds. The Bertz CT molecular complexity index is 948. The monoisotopic (exact) mass is 497 g/mol. The molecule has 0 aromatic heterocycles. The van der Waals surface area contributed by atoms with Crippen LogP contribution in [0.15, 0.2) is 18.2 Å². The summed E-state index contributed by atoms with van der Waals surface area (Å²) in [7, 11) is 1.21. The third-order valence-corrected chi connectivity index (χ3v) is 7.83. The molecule has 7 nitrogen and oxygen atoms in total. The van der Waals surface area contributed by atoms with E-state index in [1.165, 1.54) is 23.0 Å². The molecule has 1 N–H and O–H groups in total. The van der Waals surface area contributed by atoms with Crippen LogP contribution < -0.4 is 10.2 Å². The van der Waals surface area contributed by atoms with Gasteiger partial charge < -0.3 is 19.7 Å². The summed E-state index contributed by atoms with van der Waals surface area (Å²) in [5.74, 6) is -0.0910. The number of halogens is 3. The summed E-state index contributed by atoms with van der Waals surface area (Å²) < 4.78 is 50.5. The first kappa shape index (κ1) is 25.8. The molecule has 1 aromatic carbocycles. The highest BCUT2D eigenvalue weighted by molar-refractivity contribution is 5.92. The number of benzene rings is 1. The smallest absolute Gasteiger partial charge is 0.416 e. The molecule has 1 aliphatic carbocycles. The number of carbonyl (C=O) groups excluding carboxylic acids is 2. The van der Waals surface area contributed by atoms with Gasteiger partial charge in [-0.15, -0.1) is 0 Å². The van der Waals surface area contributed by atoms with Crippen LogP contribution in [0.25, 0.3) is 0 Å². The van der Waals surface area contributed by atoms with E-state index in [-0.39, 0.29) is 36.6 Å². The first-order valence-electron chi connectivity index (χ1n) is 12.2. The number of hydrogen-bond acceptors (Lipinski definition) is 5. The average Bonchev–Trinajstić information content (AvgIpc) is 3.27. The van der Waals surface area contributed by atoms with Crippen molar-refractivity contribution in [1.29, 1.82) is 0 Å². The summed E-state index contributed by atoms with van der Waals surface area (Å²) in [5.41, 5.74) is -0.851. The van der Waals surface area contributed by atoms with Gasteiger partial charge in [-0.25, -0.2) is 4.79 Å². The molecule has 0 bridgehead atoms. The molecular weight excluding hydrogens is 463 g/mol. The maximum atomic E-state index is 14.0. The zero-order valence-electron chi connectivity index (χ0n) is 20.5. The van der Waals surface area contributed by atoms with Gasteiger partial charge in [0, 0.05) is 31.8 Å². The third-order valence-electron chi connectivity index (χ3n) is 7.83. The molecule has 35 heavy (non-hydrogen) atoms. The normalized spacial score (nSPS) is 25.6. The van der Waals surface area contributed by atoms with Crippen molar-refractivity contribution in [3.05, 3.63) is 29.3 Å². The van der Waals surface area contributed by atoms with Gasteiger partial charge in [-0.2, -0.15) is 13.2 Å². The highest BCUT2D eigenvalue weighted by Gasteiger charge is 2.50. The van der Waals surface area contributed by atoms with Gasteiger partial charge in [0.05, 0.1) is 23.8 Å². The number of anilines is 1. The van der Waals surface area contributed by atoms with E-state index >= 15 is 0 Å². The van der Waals surface area contributed by atoms with Crippen LogP contribution in [0.2, 0.25) is 0 Å². The number of ether oxygens (including phenoxy) is 2. The number of nitrogens with one attached hydrogen (secondary N) is 1. The number of methoxy groups -OCH3 is 1. The molecule has 1 saturated heterocycles. The quantitative estimate of drug-likeness (QED) is 0.661. The number of fused-ring (bicyclic) bond motifs is 1. The van der Waals surface area contributed by atoms with Gasteiger partial charge >= 0.3 is 12.3 Å². The lowest BCUT2D eigenvalue weighted by atomic mass is 9.74. The van der Waals surface area contributed by atoms with Crippen molar-refractivity contribution in [3.63, 3.8) is 0 Å². The van der Waals surface area contributed by atoms with E-state index in [9.17, 15) is 22.8 Å². The van der Waals surface area contributed by atoms with Crippen LogP contribution >= 0.6 is 0 Å². The van der Waals surface area contributed by atoms with E-state index in [1.54, 1.807) is 0 Å². The molecule has 10 heteroatoms. The molecule has 2 fully saturated rings. The minimum absolute atomic E-state index is 0.0120. The van der Waals surface area contributed by atoms with E-state index in [1.807, 2.05) is 13.8 Å². The Kier molecular flexibility index (Phi) is 7.33. The summed E-state index contributed by atoms with van der Waals surface area (Å²) in [6, 6.07) is 3.81. The molecule has 2 aliphatic heterocycles. The summed E-state index contributed by atoms with van der Waals surface area (Å²) in [4.78, 5) is 29.3. The maximum absolute atomic E-state index is 14.0. The molecule has 0 unspecified atom stereocenters. The van der Waals surface area contributed by atoms with Crippen LogP contribution in [0.5, 0.6) is 0 Å². The summed E-state index contributed by atoms with van der Waals surface area (Å²) in [6.45, 7) is 5.46. The number of alkyl halides is 3. The van der Waals surface area contributed by atoms with E-state index in [2.05, 4.69) is 5.32 Å². The average molecular weight is 498 g/mol. The van der Waals surface area contributed by atoms with Crippen molar-refractivity contribution in [2.45, 2.75) is 70.8 Å². The lowest BCUT2D eigenvalue weighted by Gasteiger charge is -2.42. The summed E-state index contributed by atoms with van der Waals surface area (Å²) in [5, 5.41) is 3.70. The van der Waals surface area contributed by atoms with Gasteiger partial charge in [0.2, 0.25) is 5.91 Å². The fraction of sp³-hybridized carbons (Fsp3) is 0.680. The van der Waals surface area contributed by atoms with E-state index < -0.39 is 23.2 Å². The van der Waals surface area contributed by atoms with E-state index in [0.717, 1.165) is 44.6 Å². The number of amides is 2. The van der Waals surface area contributed by atoms with Crippen molar-refractivity contribution < 1.29 is 32.2 Å². The Morgan fingerprint density at radius 1 is 1.17 bits per heavy atom. The lowest BCUT2D eigenvalue weighted by molar-refractivity contribution is -0.145. The summed E-state index contributed by atoms with van der Waals surface area (Å²) in [6.07, 6.45) is -1.16. The minimum Gasteiger partial charge on any atom is -0.452 e.